The molecule has 0 atom stereocenters. The number of anilines is 1. The van der Waals surface area contributed by atoms with E-state index in [0.29, 0.717) is 6.04 Å². The van der Waals surface area contributed by atoms with Gasteiger partial charge in [0.1, 0.15) is 0 Å². The lowest BCUT2D eigenvalue weighted by Gasteiger charge is -2.32. The van der Waals surface area contributed by atoms with Crippen LogP contribution >= 0.6 is 0 Å². The molecule has 4 heteroatoms. The first-order chi connectivity index (χ1) is 12.1. The molecule has 1 saturated heterocycles. The van der Waals surface area contributed by atoms with Gasteiger partial charge in [0.05, 0.1) is 6.10 Å². The van der Waals surface area contributed by atoms with Crippen molar-refractivity contribution in [2.75, 3.05) is 25.0 Å². The average molecular weight is 344 g/mol. The molecule has 1 aliphatic carbocycles. The summed E-state index contributed by atoms with van der Waals surface area (Å²) in [5.74, 6) is 0.145. The SMILES string of the molecule is CN(C(=O)c1ccc(N2CCC(O)CC2)cc1)C1CCCCCCC1. The number of carbonyl (C=O) groups excluding carboxylic acids is 1. The van der Waals surface area contributed by atoms with Crippen LogP contribution in [-0.4, -0.2) is 48.2 Å². The second-order valence-electron chi connectivity index (χ2n) is 7.68. The van der Waals surface area contributed by atoms with Crippen molar-refractivity contribution in [3.05, 3.63) is 29.8 Å². The van der Waals surface area contributed by atoms with Crippen molar-refractivity contribution in [1.82, 2.24) is 4.90 Å². The molecule has 1 aliphatic heterocycles. The first-order valence-electron chi connectivity index (χ1n) is 9.95. The fraction of sp³-hybridized carbons (Fsp3) is 0.667. The van der Waals surface area contributed by atoms with Crippen molar-refractivity contribution in [3.63, 3.8) is 0 Å². The van der Waals surface area contributed by atoms with Crippen molar-refractivity contribution in [1.29, 1.82) is 0 Å². The molecule has 0 aromatic heterocycles. The largest absolute Gasteiger partial charge is 0.393 e. The van der Waals surface area contributed by atoms with Gasteiger partial charge in [0.15, 0.2) is 0 Å². The van der Waals surface area contributed by atoms with E-state index in [9.17, 15) is 9.90 Å². The van der Waals surface area contributed by atoms with E-state index in [1.807, 2.05) is 24.1 Å². The second-order valence-corrected chi connectivity index (χ2v) is 7.68. The van der Waals surface area contributed by atoms with Crippen molar-refractivity contribution < 1.29 is 9.90 Å². The molecule has 1 N–H and O–H groups in total. The van der Waals surface area contributed by atoms with E-state index in [4.69, 9.17) is 0 Å². The molecule has 0 bridgehead atoms. The molecule has 1 aromatic rings. The molecular weight excluding hydrogens is 312 g/mol. The summed E-state index contributed by atoms with van der Waals surface area (Å²) >= 11 is 0. The van der Waals surface area contributed by atoms with Crippen LogP contribution in [-0.2, 0) is 0 Å². The topological polar surface area (TPSA) is 43.8 Å². The molecule has 1 saturated carbocycles. The summed E-state index contributed by atoms with van der Waals surface area (Å²) in [5, 5.41) is 9.64. The molecule has 2 fully saturated rings. The third-order valence-electron chi connectivity index (χ3n) is 5.89. The fourth-order valence-electron chi connectivity index (χ4n) is 4.13. The lowest BCUT2D eigenvalue weighted by atomic mass is 9.95. The minimum Gasteiger partial charge on any atom is -0.393 e. The highest BCUT2D eigenvalue weighted by atomic mass is 16.3. The maximum absolute atomic E-state index is 12.9. The van der Waals surface area contributed by atoms with Gasteiger partial charge in [-0.1, -0.05) is 32.1 Å². The van der Waals surface area contributed by atoms with Crippen LogP contribution in [0.15, 0.2) is 24.3 Å². The van der Waals surface area contributed by atoms with Gasteiger partial charge in [-0.25, -0.2) is 0 Å². The Hall–Kier alpha value is -1.55. The van der Waals surface area contributed by atoms with Gasteiger partial charge in [-0.2, -0.15) is 0 Å². The Balaban J connectivity index is 1.61. The van der Waals surface area contributed by atoms with Crippen molar-refractivity contribution in [2.24, 2.45) is 0 Å². The molecule has 4 nitrogen and oxygen atoms in total. The Bertz CT molecular complexity index is 542. The van der Waals surface area contributed by atoms with Gasteiger partial charge in [-0.3, -0.25) is 4.79 Å². The third-order valence-corrected chi connectivity index (χ3v) is 5.89. The smallest absolute Gasteiger partial charge is 0.253 e. The number of nitrogens with zero attached hydrogens (tertiary/aromatic N) is 2. The van der Waals surface area contributed by atoms with E-state index in [-0.39, 0.29) is 12.0 Å². The predicted molar refractivity (Wildman–Crippen MR) is 102 cm³/mol. The molecule has 3 rings (SSSR count). The van der Waals surface area contributed by atoms with Gasteiger partial charge in [0.2, 0.25) is 0 Å². The van der Waals surface area contributed by atoms with Gasteiger partial charge in [0.25, 0.3) is 5.91 Å². The van der Waals surface area contributed by atoms with Crippen molar-refractivity contribution >= 4 is 11.6 Å². The molecule has 25 heavy (non-hydrogen) atoms. The van der Waals surface area contributed by atoms with E-state index in [1.54, 1.807) is 0 Å². The number of aliphatic hydroxyl groups is 1. The summed E-state index contributed by atoms with van der Waals surface area (Å²) in [6.07, 6.45) is 10.2. The Morgan fingerprint density at radius 2 is 1.52 bits per heavy atom. The standard InChI is InChI=1S/C21H32N2O2/c1-22(18-7-5-3-2-4-6-8-18)21(25)17-9-11-19(12-10-17)23-15-13-20(24)14-16-23/h9-12,18,20,24H,2-8,13-16H2,1H3. The van der Waals surface area contributed by atoms with Gasteiger partial charge in [0, 0.05) is 37.4 Å². The van der Waals surface area contributed by atoms with E-state index < -0.39 is 0 Å². The van der Waals surface area contributed by atoms with Gasteiger partial charge in [-0.15, -0.1) is 0 Å². The third kappa shape index (κ3) is 4.75. The van der Waals surface area contributed by atoms with Crippen molar-refractivity contribution in [2.45, 2.75) is 69.9 Å². The number of benzene rings is 1. The lowest BCUT2D eigenvalue weighted by molar-refractivity contribution is 0.0707. The maximum atomic E-state index is 12.9. The highest BCUT2D eigenvalue weighted by Gasteiger charge is 2.22. The second kappa shape index (κ2) is 8.70. The Morgan fingerprint density at radius 3 is 2.12 bits per heavy atom. The average Bonchev–Trinajstić information content (AvgIpc) is 2.61. The Kier molecular flexibility index (Phi) is 6.35. The van der Waals surface area contributed by atoms with Crippen LogP contribution in [0, 0.1) is 0 Å². The molecule has 1 aromatic carbocycles. The molecule has 2 aliphatic rings. The summed E-state index contributed by atoms with van der Waals surface area (Å²) in [6, 6.07) is 8.41. The molecule has 0 radical (unpaired) electrons. The summed E-state index contributed by atoms with van der Waals surface area (Å²) in [7, 11) is 1.97. The van der Waals surface area contributed by atoms with Gasteiger partial charge >= 0.3 is 0 Å². The van der Waals surface area contributed by atoms with E-state index in [1.165, 1.54) is 32.1 Å². The molecule has 0 unspecified atom stereocenters. The molecule has 1 heterocycles. The number of aliphatic hydroxyl groups excluding tert-OH is 1. The quantitative estimate of drug-likeness (QED) is 0.906. The first kappa shape index (κ1) is 18.2. The Morgan fingerprint density at radius 1 is 0.960 bits per heavy atom. The van der Waals surface area contributed by atoms with Gasteiger partial charge in [-0.05, 0) is 49.9 Å². The number of amides is 1. The number of carbonyl (C=O) groups is 1. The minimum atomic E-state index is -0.158. The van der Waals surface area contributed by atoms with Crippen LogP contribution in [0.2, 0.25) is 0 Å². The van der Waals surface area contributed by atoms with Crippen LogP contribution in [0.25, 0.3) is 0 Å². The minimum absolute atomic E-state index is 0.145. The van der Waals surface area contributed by atoms with Gasteiger partial charge < -0.3 is 14.9 Å². The molecule has 138 valence electrons. The van der Waals surface area contributed by atoms with Crippen LogP contribution < -0.4 is 4.90 Å². The number of piperidine rings is 1. The van der Waals surface area contributed by atoms with E-state index in [2.05, 4.69) is 17.0 Å². The van der Waals surface area contributed by atoms with Crippen LogP contribution in [0.5, 0.6) is 0 Å². The zero-order valence-corrected chi connectivity index (χ0v) is 15.5. The first-order valence-corrected chi connectivity index (χ1v) is 9.95. The van der Waals surface area contributed by atoms with Crippen LogP contribution in [0.4, 0.5) is 5.69 Å². The predicted octanol–water partition coefficient (Wildman–Crippen LogP) is 3.83. The maximum Gasteiger partial charge on any atom is 0.253 e. The highest BCUT2D eigenvalue weighted by molar-refractivity contribution is 5.94. The summed E-state index contributed by atoms with van der Waals surface area (Å²) in [6.45, 7) is 1.77. The highest BCUT2D eigenvalue weighted by Crippen LogP contribution is 2.24. The summed E-state index contributed by atoms with van der Waals surface area (Å²) in [4.78, 5) is 17.1. The monoisotopic (exact) mass is 344 g/mol. The zero-order valence-electron chi connectivity index (χ0n) is 15.5. The molecular formula is C21H32N2O2. The number of rotatable bonds is 3. The van der Waals surface area contributed by atoms with E-state index >= 15 is 0 Å². The number of hydrogen-bond acceptors (Lipinski definition) is 3. The Labute approximate surface area is 151 Å². The van der Waals surface area contributed by atoms with Crippen LogP contribution in [0.1, 0.15) is 68.1 Å². The molecule has 1 amide bonds. The number of hydrogen-bond donors (Lipinski definition) is 1. The molecule has 0 spiro atoms. The summed E-state index contributed by atoms with van der Waals surface area (Å²) in [5.41, 5.74) is 1.93. The normalized spacial score (nSPS) is 20.8. The summed E-state index contributed by atoms with van der Waals surface area (Å²) < 4.78 is 0. The lowest BCUT2D eigenvalue weighted by Crippen LogP contribution is -2.37. The van der Waals surface area contributed by atoms with E-state index in [0.717, 1.165) is 50.0 Å². The van der Waals surface area contributed by atoms with Crippen LogP contribution in [0.3, 0.4) is 0 Å². The zero-order chi connectivity index (χ0) is 17.6. The fourth-order valence-corrected chi connectivity index (χ4v) is 4.13. The van der Waals surface area contributed by atoms with Crippen molar-refractivity contribution in [3.8, 4) is 0 Å².